The van der Waals surface area contributed by atoms with Crippen molar-refractivity contribution >= 4 is 29.9 Å². The molecule has 2 N–H and O–H groups in total. The van der Waals surface area contributed by atoms with Gasteiger partial charge in [-0.2, -0.15) is 0 Å². The first-order valence-corrected chi connectivity index (χ1v) is 9.02. The van der Waals surface area contributed by atoms with E-state index in [0.717, 1.165) is 44.2 Å². The summed E-state index contributed by atoms with van der Waals surface area (Å²) < 4.78 is 5.30. The average molecular weight is 460 g/mol. The maximum atomic E-state index is 5.30. The van der Waals surface area contributed by atoms with Crippen LogP contribution >= 0.6 is 24.0 Å². The van der Waals surface area contributed by atoms with Crippen molar-refractivity contribution in [3.8, 4) is 0 Å². The number of methoxy groups -OCH3 is 1. The minimum Gasteiger partial charge on any atom is -0.385 e. The number of aryl methyl sites for hydroxylation is 1. The molecule has 1 aliphatic rings. The maximum absolute atomic E-state index is 5.30. The highest BCUT2D eigenvalue weighted by Crippen LogP contribution is 2.40. The first-order chi connectivity index (χ1) is 11.7. The highest BCUT2D eigenvalue weighted by molar-refractivity contribution is 14.0. The van der Waals surface area contributed by atoms with E-state index < -0.39 is 0 Å². The summed E-state index contributed by atoms with van der Waals surface area (Å²) in [6, 6.07) is 4.19. The Kier molecular flexibility index (Phi) is 10.3. The predicted molar refractivity (Wildman–Crippen MR) is 115 cm³/mol. The summed E-state index contributed by atoms with van der Waals surface area (Å²) in [6.45, 7) is 4.68. The lowest BCUT2D eigenvalue weighted by Crippen LogP contribution is -2.43. The summed E-state index contributed by atoms with van der Waals surface area (Å²) in [5.74, 6) is 0.888. The van der Waals surface area contributed by atoms with E-state index in [1.54, 1.807) is 7.11 Å². The van der Waals surface area contributed by atoms with Crippen molar-refractivity contribution in [2.24, 2.45) is 10.4 Å². The van der Waals surface area contributed by atoms with Crippen molar-refractivity contribution in [3.63, 3.8) is 0 Å². The standard InChI is InChI=1S/C19H32N4O.HI/c1-16-6-7-17(14-22-16)8-12-21-18(20-2)23-15-19(11-13-24-3)9-4-5-10-19;/h6-7,14H,4-5,8-13,15H2,1-3H3,(H2,20,21,23);1H. The Hall–Kier alpha value is -0.890. The number of ether oxygens (including phenoxy) is 1. The fourth-order valence-corrected chi connectivity index (χ4v) is 3.42. The van der Waals surface area contributed by atoms with Crippen LogP contribution in [0.25, 0.3) is 0 Å². The largest absolute Gasteiger partial charge is 0.385 e. The predicted octanol–water partition coefficient (Wildman–Crippen LogP) is 3.31. The second-order valence-corrected chi connectivity index (χ2v) is 6.86. The van der Waals surface area contributed by atoms with E-state index in [2.05, 4.69) is 32.7 Å². The van der Waals surface area contributed by atoms with Crippen molar-refractivity contribution in [2.75, 3.05) is 33.9 Å². The quantitative estimate of drug-likeness (QED) is 0.355. The molecule has 5 nitrogen and oxygen atoms in total. The van der Waals surface area contributed by atoms with Crippen LogP contribution in [0, 0.1) is 12.3 Å². The fraction of sp³-hybridized carbons (Fsp3) is 0.684. The first kappa shape index (κ1) is 22.2. The van der Waals surface area contributed by atoms with E-state index in [1.807, 2.05) is 20.2 Å². The van der Waals surface area contributed by atoms with Gasteiger partial charge in [-0.25, -0.2) is 0 Å². The lowest BCUT2D eigenvalue weighted by molar-refractivity contribution is 0.138. The molecule has 0 aliphatic heterocycles. The average Bonchev–Trinajstić information content (AvgIpc) is 3.07. The molecule has 0 unspecified atom stereocenters. The second kappa shape index (κ2) is 11.7. The van der Waals surface area contributed by atoms with E-state index in [4.69, 9.17) is 4.74 Å². The molecule has 1 fully saturated rings. The summed E-state index contributed by atoms with van der Waals surface area (Å²) in [5.41, 5.74) is 2.67. The minimum absolute atomic E-state index is 0. The van der Waals surface area contributed by atoms with Gasteiger partial charge in [0, 0.05) is 45.7 Å². The zero-order chi connectivity index (χ0) is 17.3. The third kappa shape index (κ3) is 7.48. The van der Waals surface area contributed by atoms with Crippen molar-refractivity contribution in [1.82, 2.24) is 15.6 Å². The molecule has 25 heavy (non-hydrogen) atoms. The number of hydrogen-bond acceptors (Lipinski definition) is 3. The molecular formula is C19H33IN4O. The maximum Gasteiger partial charge on any atom is 0.191 e. The van der Waals surface area contributed by atoms with Crippen molar-refractivity contribution in [1.29, 1.82) is 0 Å². The number of aromatic nitrogens is 1. The molecule has 0 spiro atoms. The summed E-state index contributed by atoms with van der Waals surface area (Å²) in [4.78, 5) is 8.69. The van der Waals surface area contributed by atoms with Crippen LogP contribution < -0.4 is 10.6 Å². The molecule has 2 rings (SSSR count). The van der Waals surface area contributed by atoms with Gasteiger partial charge in [-0.3, -0.25) is 9.98 Å². The number of aliphatic imine (C=N–C) groups is 1. The minimum atomic E-state index is 0. The monoisotopic (exact) mass is 460 g/mol. The van der Waals surface area contributed by atoms with Crippen molar-refractivity contribution < 1.29 is 4.74 Å². The fourth-order valence-electron chi connectivity index (χ4n) is 3.42. The first-order valence-electron chi connectivity index (χ1n) is 9.02. The van der Waals surface area contributed by atoms with Gasteiger partial charge in [0.25, 0.3) is 0 Å². The van der Waals surface area contributed by atoms with Gasteiger partial charge in [0.1, 0.15) is 0 Å². The Morgan fingerprint density at radius 3 is 2.64 bits per heavy atom. The van der Waals surface area contributed by atoms with Crippen LogP contribution in [0.4, 0.5) is 0 Å². The van der Waals surface area contributed by atoms with Crippen LogP contribution in [-0.2, 0) is 11.2 Å². The lowest BCUT2D eigenvalue weighted by Gasteiger charge is -2.30. The molecule has 1 heterocycles. The smallest absolute Gasteiger partial charge is 0.191 e. The normalized spacial score (nSPS) is 16.4. The Morgan fingerprint density at radius 2 is 2.04 bits per heavy atom. The second-order valence-electron chi connectivity index (χ2n) is 6.86. The SMILES string of the molecule is CN=C(NCCc1ccc(C)nc1)NCC1(CCOC)CCCC1.I. The highest BCUT2D eigenvalue weighted by atomic mass is 127. The number of hydrogen-bond donors (Lipinski definition) is 2. The molecule has 1 saturated carbocycles. The molecule has 6 heteroatoms. The van der Waals surface area contributed by atoms with Gasteiger partial charge in [0.2, 0.25) is 0 Å². The summed E-state index contributed by atoms with van der Waals surface area (Å²) in [5, 5.41) is 6.93. The Morgan fingerprint density at radius 1 is 1.28 bits per heavy atom. The number of nitrogens with one attached hydrogen (secondary N) is 2. The van der Waals surface area contributed by atoms with Gasteiger partial charge >= 0.3 is 0 Å². The molecular weight excluding hydrogens is 427 g/mol. The third-order valence-corrected chi connectivity index (χ3v) is 5.03. The topological polar surface area (TPSA) is 58.5 Å². The van der Waals surface area contributed by atoms with Gasteiger partial charge in [-0.05, 0) is 49.7 Å². The van der Waals surface area contributed by atoms with Crippen LogP contribution in [0.5, 0.6) is 0 Å². The van der Waals surface area contributed by atoms with Crippen LogP contribution in [0.2, 0.25) is 0 Å². The molecule has 1 aromatic rings. The molecule has 0 atom stereocenters. The molecule has 1 aromatic heterocycles. The molecule has 0 aromatic carbocycles. The van der Waals surface area contributed by atoms with Crippen LogP contribution in [0.3, 0.4) is 0 Å². The van der Waals surface area contributed by atoms with Gasteiger partial charge in [-0.1, -0.05) is 18.9 Å². The number of guanidine groups is 1. The summed E-state index contributed by atoms with van der Waals surface area (Å²) in [6.07, 6.45) is 9.26. The molecule has 0 radical (unpaired) electrons. The Bertz CT molecular complexity index is 513. The summed E-state index contributed by atoms with van der Waals surface area (Å²) in [7, 11) is 3.62. The van der Waals surface area contributed by atoms with Gasteiger partial charge < -0.3 is 15.4 Å². The molecule has 0 saturated heterocycles. The lowest BCUT2D eigenvalue weighted by atomic mass is 9.83. The van der Waals surface area contributed by atoms with E-state index >= 15 is 0 Å². The number of halogens is 1. The number of rotatable bonds is 8. The summed E-state index contributed by atoms with van der Waals surface area (Å²) >= 11 is 0. The van der Waals surface area contributed by atoms with Gasteiger partial charge in [-0.15, -0.1) is 24.0 Å². The highest BCUT2D eigenvalue weighted by Gasteiger charge is 2.33. The zero-order valence-electron chi connectivity index (χ0n) is 15.8. The van der Waals surface area contributed by atoms with Crippen molar-refractivity contribution in [3.05, 3.63) is 29.6 Å². The Balaban J connectivity index is 0.00000312. The number of nitrogens with zero attached hydrogens (tertiary/aromatic N) is 2. The molecule has 1 aliphatic carbocycles. The molecule has 0 bridgehead atoms. The Labute approximate surface area is 169 Å². The molecule has 0 amide bonds. The van der Waals surface area contributed by atoms with E-state index in [1.165, 1.54) is 31.2 Å². The van der Waals surface area contributed by atoms with E-state index in [0.29, 0.717) is 5.41 Å². The van der Waals surface area contributed by atoms with Crippen LogP contribution in [0.1, 0.15) is 43.4 Å². The van der Waals surface area contributed by atoms with Crippen molar-refractivity contribution in [2.45, 2.75) is 45.4 Å². The number of pyridine rings is 1. The molecule has 142 valence electrons. The van der Waals surface area contributed by atoms with Gasteiger partial charge in [0.15, 0.2) is 5.96 Å². The van der Waals surface area contributed by atoms with E-state index in [-0.39, 0.29) is 24.0 Å². The third-order valence-electron chi connectivity index (χ3n) is 5.03. The zero-order valence-corrected chi connectivity index (χ0v) is 18.1. The van der Waals surface area contributed by atoms with Crippen LogP contribution in [-0.4, -0.2) is 44.8 Å². The van der Waals surface area contributed by atoms with Crippen LogP contribution in [0.15, 0.2) is 23.3 Å². The van der Waals surface area contributed by atoms with Gasteiger partial charge in [0.05, 0.1) is 0 Å². The van der Waals surface area contributed by atoms with E-state index in [9.17, 15) is 0 Å².